The van der Waals surface area contributed by atoms with Gasteiger partial charge < -0.3 is 4.11 Å². The van der Waals surface area contributed by atoms with Gasteiger partial charge in [0.25, 0.3) is 0 Å². The van der Waals surface area contributed by atoms with Crippen LogP contribution in [-0.4, -0.2) is 9.85 Å². The van der Waals surface area contributed by atoms with Crippen molar-refractivity contribution in [3.63, 3.8) is 0 Å². The molecule has 0 nitrogen and oxygen atoms in total. The molecule has 0 aliphatic heterocycles. The van der Waals surface area contributed by atoms with Crippen molar-refractivity contribution in [3.8, 4) is 0 Å². The maximum Gasteiger partial charge on any atom is 0.333 e. The molecule has 1 aromatic carbocycles. The van der Waals surface area contributed by atoms with Gasteiger partial charge in [-0.3, -0.25) is 0 Å². The highest BCUT2D eigenvalue weighted by Crippen LogP contribution is 2.11. The second-order valence-corrected chi connectivity index (χ2v) is 4.27. The Morgan fingerprint density at radius 3 is 2.43 bits per heavy atom. The van der Waals surface area contributed by atoms with E-state index in [1.165, 1.54) is 11.1 Å². The topological polar surface area (TPSA) is 0 Å². The number of benzene rings is 1. The Hall–Kier alpha value is -0.633. The van der Waals surface area contributed by atoms with E-state index in [0.717, 1.165) is 30.9 Å². The molecule has 2 radical (unpaired) electrons. The first-order valence-corrected chi connectivity index (χ1v) is 6.18. The number of halogens is 1. The Morgan fingerprint density at radius 1 is 1.14 bits per heavy atom. The summed E-state index contributed by atoms with van der Waals surface area (Å²) in [5, 5.41) is 0.915. The first-order chi connectivity index (χ1) is 6.83. The summed E-state index contributed by atoms with van der Waals surface area (Å²) in [4.78, 5) is 0. The number of hydrogen-bond acceptors (Lipinski definition) is 0. The van der Waals surface area contributed by atoms with Crippen molar-refractivity contribution in [1.29, 1.82) is 0 Å². The molecule has 0 saturated heterocycles. The fourth-order valence-electron chi connectivity index (χ4n) is 1.77. The zero-order valence-electron chi connectivity index (χ0n) is 8.94. The Balaban J connectivity index is 3.00. The molecule has 0 saturated carbocycles. The van der Waals surface area contributed by atoms with E-state index in [0.29, 0.717) is 0 Å². The molecule has 0 amide bonds. The van der Waals surface area contributed by atoms with Crippen LogP contribution in [0.5, 0.6) is 0 Å². The summed E-state index contributed by atoms with van der Waals surface area (Å²) in [7, 11) is -0.560. The third-order valence-electron chi connectivity index (χ3n) is 2.39. The predicted molar refractivity (Wildman–Crippen MR) is 60.9 cm³/mol. The summed E-state index contributed by atoms with van der Waals surface area (Å²) >= 11 is 0. The van der Waals surface area contributed by atoms with Crippen LogP contribution < -0.4 is 5.19 Å². The molecule has 0 aliphatic carbocycles. The Morgan fingerprint density at radius 2 is 1.86 bits per heavy atom. The van der Waals surface area contributed by atoms with E-state index >= 15 is 0 Å². The van der Waals surface area contributed by atoms with Gasteiger partial charge in [0.05, 0.1) is 0 Å². The smallest absolute Gasteiger partial charge is 0.308 e. The lowest BCUT2D eigenvalue weighted by atomic mass is 10.00. The third-order valence-corrected chi connectivity index (χ3v) is 3.07. The first kappa shape index (κ1) is 11.4. The van der Waals surface area contributed by atoms with Crippen LogP contribution in [0, 0.1) is 0 Å². The van der Waals surface area contributed by atoms with Gasteiger partial charge in [-0.15, -0.1) is 0 Å². The number of hydrogen-bond donors (Lipinski definition) is 0. The molecule has 0 spiro atoms. The normalized spacial score (nSPS) is 10.5. The summed E-state index contributed by atoms with van der Waals surface area (Å²) in [5.74, 6) is 0. The van der Waals surface area contributed by atoms with Crippen LogP contribution >= 0.6 is 0 Å². The van der Waals surface area contributed by atoms with Crippen LogP contribution in [0.15, 0.2) is 18.2 Å². The quantitative estimate of drug-likeness (QED) is 0.515. The molecule has 0 bridgehead atoms. The first-order valence-electron chi connectivity index (χ1n) is 5.30. The number of aryl methyl sites for hydroxylation is 1. The molecule has 1 rings (SSSR count). The van der Waals surface area contributed by atoms with Crippen LogP contribution in [-0.2, 0) is 12.8 Å². The lowest BCUT2D eigenvalue weighted by molar-refractivity contribution is 0.856. The Labute approximate surface area is 88.5 Å². The summed E-state index contributed by atoms with van der Waals surface area (Å²) in [6.07, 6.45) is 4.32. The Bertz CT molecular complexity index is 284. The Kier molecular flexibility index (Phi) is 4.87. The van der Waals surface area contributed by atoms with Crippen LogP contribution in [0.25, 0.3) is 0 Å². The van der Waals surface area contributed by atoms with Crippen molar-refractivity contribution in [2.24, 2.45) is 0 Å². The minimum absolute atomic E-state index is 0.560. The third kappa shape index (κ3) is 2.68. The van der Waals surface area contributed by atoms with E-state index in [1.807, 2.05) is 12.1 Å². The zero-order chi connectivity index (χ0) is 10.4. The van der Waals surface area contributed by atoms with E-state index in [2.05, 4.69) is 19.9 Å². The molecule has 0 N–H and O–H groups in total. The van der Waals surface area contributed by atoms with Gasteiger partial charge in [-0.25, -0.2) is 0 Å². The van der Waals surface area contributed by atoms with E-state index in [9.17, 15) is 4.11 Å². The summed E-state index contributed by atoms with van der Waals surface area (Å²) in [5.41, 5.74) is 2.61. The maximum absolute atomic E-state index is 12.8. The SMILES string of the molecule is CCCc1cccc([Si]F)c1CCC. The molecule has 1 aromatic rings. The van der Waals surface area contributed by atoms with E-state index in [4.69, 9.17) is 0 Å². The molecular weight excluding hydrogens is 191 g/mol. The summed E-state index contributed by atoms with van der Waals surface area (Å²) < 4.78 is 12.8. The van der Waals surface area contributed by atoms with E-state index < -0.39 is 9.85 Å². The highest BCUT2D eigenvalue weighted by molar-refractivity contribution is 6.47. The molecule has 2 heteroatoms. The molecule has 0 aromatic heterocycles. The molecule has 0 atom stereocenters. The molecule has 0 fully saturated rings. The van der Waals surface area contributed by atoms with Crippen molar-refractivity contribution in [3.05, 3.63) is 29.3 Å². The van der Waals surface area contributed by atoms with Crippen LogP contribution in [0.4, 0.5) is 4.11 Å². The van der Waals surface area contributed by atoms with Gasteiger partial charge >= 0.3 is 9.85 Å². The molecular formula is C12H17FSi. The molecule has 0 unspecified atom stereocenters. The van der Waals surface area contributed by atoms with Gasteiger partial charge in [0, 0.05) is 0 Å². The minimum atomic E-state index is -0.560. The van der Waals surface area contributed by atoms with E-state index in [-0.39, 0.29) is 0 Å². The highest BCUT2D eigenvalue weighted by atomic mass is 28.3. The highest BCUT2D eigenvalue weighted by Gasteiger charge is 2.07. The number of rotatable bonds is 5. The summed E-state index contributed by atoms with van der Waals surface area (Å²) in [6.45, 7) is 4.31. The standard InChI is InChI=1S/C12H17FSi/c1-3-6-10-8-5-9-12(14-13)11(10)7-4-2/h5,8-9H,3-4,6-7H2,1-2H3. The fraction of sp³-hybridized carbons (Fsp3) is 0.500. The van der Waals surface area contributed by atoms with E-state index in [1.54, 1.807) is 0 Å². The van der Waals surface area contributed by atoms with Crippen molar-refractivity contribution < 1.29 is 4.11 Å². The van der Waals surface area contributed by atoms with Crippen molar-refractivity contribution in [2.75, 3.05) is 0 Å². The van der Waals surface area contributed by atoms with Crippen LogP contribution in [0.3, 0.4) is 0 Å². The van der Waals surface area contributed by atoms with Crippen molar-refractivity contribution in [1.82, 2.24) is 0 Å². The van der Waals surface area contributed by atoms with Gasteiger partial charge in [-0.2, -0.15) is 0 Å². The van der Waals surface area contributed by atoms with Gasteiger partial charge in [-0.1, -0.05) is 44.9 Å². The van der Waals surface area contributed by atoms with Crippen LogP contribution in [0.1, 0.15) is 37.8 Å². The van der Waals surface area contributed by atoms with Gasteiger partial charge in [-0.05, 0) is 29.2 Å². The lowest BCUT2D eigenvalue weighted by Gasteiger charge is -2.11. The molecule has 14 heavy (non-hydrogen) atoms. The van der Waals surface area contributed by atoms with Gasteiger partial charge in [0.15, 0.2) is 0 Å². The monoisotopic (exact) mass is 208 g/mol. The fourth-order valence-corrected chi connectivity index (χ4v) is 2.33. The van der Waals surface area contributed by atoms with Crippen LogP contribution in [0.2, 0.25) is 0 Å². The second kappa shape index (κ2) is 5.97. The van der Waals surface area contributed by atoms with Gasteiger partial charge in [0.2, 0.25) is 0 Å². The average molecular weight is 208 g/mol. The van der Waals surface area contributed by atoms with Crippen molar-refractivity contribution in [2.45, 2.75) is 39.5 Å². The lowest BCUT2D eigenvalue weighted by Crippen LogP contribution is -2.18. The summed E-state index contributed by atoms with van der Waals surface area (Å²) in [6, 6.07) is 6.03. The molecule has 0 aliphatic rings. The molecule has 0 heterocycles. The molecule has 76 valence electrons. The van der Waals surface area contributed by atoms with Crippen molar-refractivity contribution >= 4 is 15.0 Å². The minimum Gasteiger partial charge on any atom is -0.308 e. The van der Waals surface area contributed by atoms with Gasteiger partial charge in [0.1, 0.15) is 0 Å². The second-order valence-electron chi connectivity index (χ2n) is 3.54. The largest absolute Gasteiger partial charge is 0.333 e. The zero-order valence-corrected chi connectivity index (χ0v) is 9.94. The predicted octanol–water partition coefficient (Wildman–Crippen LogP) is 2.81. The maximum atomic E-state index is 12.8. The average Bonchev–Trinajstić information content (AvgIpc) is 2.21.